The van der Waals surface area contributed by atoms with Gasteiger partial charge in [0.2, 0.25) is 10.0 Å². The van der Waals surface area contributed by atoms with E-state index in [2.05, 4.69) is 25.5 Å². The Kier molecular flexibility index (Phi) is 5.90. The largest absolute Gasteiger partial charge is 0.241 e. The van der Waals surface area contributed by atoms with E-state index in [1.807, 2.05) is 25.1 Å². The Hall–Kier alpha value is -0.870. The van der Waals surface area contributed by atoms with E-state index in [9.17, 15) is 8.42 Å². The van der Waals surface area contributed by atoms with Gasteiger partial charge in [-0.2, -0.15) is 0 Å². The molecule has 0 aliphatic heterocycles. The predicted molar refractivity (Wildman–Crippen MR) is 96.3 cm³/mol. The van der Waals surface area contributed by atoms with Crippen molar-refractivity contribution in [2.75, 3.05) is 0 Å². The minimum absolute atomic E-state index is 0.0573. The van der Waals surface area contributed by atoms with E-state index >= 15 is 0 Å². The number of aryl methyl sites for hydroxylation is 1. The van der Waals surface area contributed by atoms with Gasteiger partial charge in [0.15, 0.2) is 0 Å². The van der Waals surface area contributed by atoms with Crippen molar-refractivity contribution in [2.45, 2.75) is 89.0 Å². The zero-order valence-electron chi connectivity index (χ0n) is 15.0. The van der Waals surface area contributed by atoms with Gasteiger partial charge in [-0.05, 0) is 42.4 Å². The van der Waals surface area contributed by atoms with E-state index in [0.29, 0.717) is 4.90 Å². The summed E-state index contributed by atoms with van der Waals surface area (Å²) in [5.41, 5.74) is 1.82. The fourth-order valence-corrected chi connectivity index (χ4v) is 4.79. The molecule has 0 amide bonds. The maximum Gasteiger partial charge on any atom is 0.241 e. The summed E-state index contributed by atoms with van der Waals surface area (Å²) >= 11 is 0. The Morgan fingerprint density at radius 3 is 2.13 bits per heavy atom. The van der Waals surface area contributed by atoms with E-state index in [4.69, 9.17) is 0 Å². The summed E-state index contributed by atoms with van der Waals surface area (Å²) in [5.74, 6) is 0. The fraction of sp³-hybridized carbons (Fsp3) is 0.684. The van der Waals surface area contributed by atoms with E-state index in [0.717, 1.165) is 36.8 Å². The molecule has 0 spiro atoms. The summed E-state index contributed by atoms with van der Waals surface area (Å²) < 4.78 is 28.7. The Balaban J connectivity index is 2.24. The number of hydrogen-bond donors (Lipinski definition) is 1. The zero-order valence-corrected chi connectivity index (χ0v) is 15.8. The lowest BCUT2D eigenvalue weighted by Gasteiger charge is -2.23. The summed E-state index contributed by atoms with van der Waals surface area (Å²) in [7, 11) is -3.45. The van der Waals surface area contributed by atoms with E-state index in [1.165, 1.54) is 19.3 Å². The standard InChI is InChI=1S/C19H31NO2S/c1-15-12-13-16(19(2,3)4)14-18(15)23(21,22)20-17-10-8-6-5-7-9-11-17/h12-14,17,20H,5-11H2,1-4H3. The highest BCUT2D eigenvalue weighted by Crippen LogP contribution is 2.27. The molecule has 1 aliphatic rings. The molecule has 130 valence electrons. The Morgan fingerprint density at radius 1 is 1.00 bits per heavy atom. The van der Waals surface area contributed by atoms with Crippen LogP contribution in [-0.2, 0) is 15.4 Å². The van der Waals surface area contributed by atoms with Crippen LogP contribution in [0.15, 0.2) is 23.1 Å². The van der Waals surface area contributed by atoms with Crippen molar-refractivity contribution in [1.29, 1.82) is 0 Å². The molecule has 0 saturated heterocycles. The minimum atomic E-state index is -3.45. The normalized spacial score (nSPS) is 18.4. The number of rotatable bonds is 3. The molecule has 1 fully saturated rings. The highest BCUT2D eigenvalue weighted by atomic mass is 32.2. The van der Waals surface area contributed by atoms with Crippen LogP contribution < -0.4 is 4.72 Å². The summed E-state index contributed by atoms with van der Waals surface area (Å²) in [4.78, 5) is 0.437. The zero-order chi connectivity index (χ0) is 17.1. The smallest absolute Gasteiger partial charge is 0.208 e. The average molecular weight is 338 g/mol. The molecule has 1 aromatic carbocycles. The lowest BCUT2D eigenvalue weighted by Crippen LogP contribution is -2.35. The van der Waals surface area contributed by atoms with Gasteiger partial charge in [-0.25, -0.2) is 13.1 Å². The highest BCUT2D eigenvalue weighted by Gasteiger charge is 2.24. The van der Waals surface area contributed by atoms with Crippen LogP contribution in [0.2, 0.25) is 0 Å². The lowest BCUT2D eigenvalue weighted by molar-refractivity contribution is 0.426. The second-order valence-corrected chi connectivity index (χ2v) is 9.58. The van der Waals surface area contributed by atoms with E-state index in [1.54, 1.807) is 0 Å². The van der Waals surface area contributed by atoms with Crippen molar-refractivity contribution in [3.63, 3.8) is 0 Å². The van der Waals surface area contributed by atoms with Crippen LogP contribution in [0.1, 0.15) is 76.8 Å². The molecule has 2 rings (SSSR count). The lowest BCUT2D eigenvalue weighted by atomic mass is 9.87. The summed E-state index contributed by atoms with van der Waals surface area (Å²) in [6, 6.07) is 5.89. The number of nitrogens with one attached hydrogen (secondary N) is 1. The molecule has 0 atom stereocenters. The minimum Gasteiger partial charge on any atom is -0.208 e. The maximum atomic E-state index is 12.9. The van der Waals surface area contributed by atoms with Crippen molar-refractivity contribution in [3.8, 4) is 0 Å². The first kappa shape index (κ1) is 18.5. The summed E-state index contributed by atoms with van der Waals surface area (Å²) in [5, 5.41) is 0. The SMILES string of the molecule is Cc1ccc(C(C)(C)C)cc1S(=O)(=O)NC1CCCCCCC1. The molecule has 0 unspecified atom stereocenters. The molecule has 0 bridgehead atoms. The van der Waals surface area contributed by atoms with E-state index in [-0.39, 0.29) is 11.5 Å². The molecule has 3 nitrogen and oxygen atoms in total. The predicted octanol–water partition coefficient (Wildman–Crippen LogP) is 4.68. The van der Waals surface area contributed by atoms with Gasteiger partial charge in [0, 0.05) is 6.04 Å². The van der Waals surface area contributed by atoms with Crippen molar-refractivity contribution in [3.05, 3.63) is 29.3 Å². The van der Waals surface area contributed by atoms with Crippen LogP contribution in [0, 0.1) is 6.92 Å². The molecular weight excluding hydrogens is 306 g/mol. The molecule has 1 aliphatic carbocycles. The maximum absolute atomic E-state index is 12.9. The number of sulfonamides is 1. The van der Waals surface area contributed by atoms with Crippen LogP contribution in [0.4, 0.5) is 0 Å². The van der Waals surface area contributed by atoms with Gasteiger partial charge in [0.05, 0.1) is 4.90 Å². The molecule has 0 heterocycles. The van der Waals surface area contributed by atoms with Crippen LogP contribution in [0.5, 0.6) is 0 Å². The van der Waals surface area contributed by atoms with Gasteiger partial charge in [0.25, 0.3) is 0 Å². The Bertz CT molecular complexity index is 621. The third kappa shape index (κ3) is 5.05. The molecular formula is C19H31NO2S. The van der Waals surface area contributed by atoms with Crippen LogP contribution in [0.3, 0.4) is 0 Å². The quantitative estimate of drug-likeness (QED) is 0.870. The van der Waals surface area contributed by atoms with Gasteiger partial charge in [-0.3, -0.25) is 0 Å². The molecule has 1 N–H and O–H groups in total. The molecule has 1 saturated carbocycles. The Labute approximate surface area is 141 Å². The van der Waals surface area contributed by atoms with Crippen molar-refractivity contribution >= 4 is 10.0 Å². The van der Waals surface area contributed by atoms with Gasteiger partial charge < -0.3 is 0 Å². The van der Waals surface area contributed by atoms with Crippen molar-refractivity contribution in [1.82, 2.24) is 4.72 Å². The topological polar surface area (TPSA) is 46.2 Å². The molecule has 0 aromatic heterocycles. The van der Waals surface area contributed by atoms with Crippen molar-refractivity contribution in [2.24, 2.45) is 0 Å². The third-order valence-electron chi connectivity index (χ3n) is 4.77. The fourth-order valence-electron chi connectivity index (χ4n) is 3.21. The third-order valence-corrected chi connectivity index (χ3v) is 6.43. The first-order valence-corrected chi connectivity index (χ1v) is 10.3. The van der Waals surface area contributed by atoms with Gasteiger partial charge in [0.1, 0.15) is 0 Å². The molecule has 23 heavy (non-hydrogen) atoms. The number of hydrogen-bond acceptors (Lipinski definition) is 2. The second kappa shape index (κ2) is 7.35. The summed E-state index contributed by atoms with van der Waals surface area (Å²) in [6.45, 7) is 8.20. The molecule has 1 aromatic rings. The molecule has 0 radical (unpaired) electrons. The Morgan fingerprint density at radius 2 is 1.57 bits per heavy atom. The van der Waals surface area contributed by atoms with Gasteiger partial charge >= 0.3 is 0 Å². The number of benzene rings is 1. The van der Waals surface area contributed by atoms with Gasteiger partial charge in [-0.1, -0.05) is 65.0 Å². The van der Waals surface area contributed by atoms with Crippen LogP contribution >= 0.6 is 0 Å². The van der Waals surface area contributed by atoms with E-state index < -0.39 is 10.0 Å². The van der Waals surface area contributed by atoms with Crippen LogP contribution in [0.25, 0.3) is 0 Å². The van der Waals surface area contributed by atoms with Gasteiger partial charge in [-0.15, -0.1) is 0 Å². The first-order valence-electron chi connectivity index (χ1n) is 8.83. The summed E-state index contributed by atoms with van der Waals surface area (Å²) in [6.07, 6.45) is 7.87. The highest BCUT2D eigenvalue weighted by molar-refractivity contribution is 7.89. The second-order valence-electron chi connectivity index (χ2n) is 7.89. The first-order chi connectivity index (χ1) is 10.7. The monoisotopic (exact) mass is 337 g/mol. The van der Waals surface area contributed by atoms with Crippen molar-refractivity contribution < 1.29 is 8.42 Å². The van der Waals surface area contributed by atoms with Crippen LogP contribution in [-0.4, -0.2) is 14.5 Å². The molecule has 4 heteroatoms. The average Bonchev–Trinajstić information content (AvgIpc) is 2.40.